The van der Waals surface area contributed by atoms with Crippen LogP contribution in [0.15, 0.2) is 42.6 Å². The SMILES string of the molecule is CC(C)(C)NCc1ccc(OCc2ccccc2Cl)nc1. The number of aromatic nitrogens is 1. The molecular weight excluding hydrogens is 284 g/mol. The molecule has 0 aliphatic heterocycles. The van der Waals surface area contributed by atoms with Crippen molar-refractivity contribution in [1.82, 2.24) is 10.3 Å². The lowest BCUT2D eigenvalue weighted by Crippen LogP contribution is -2.35. The topological polar surface area (TPSA) is 34.1 Å². The molecule has 0 fully saturated rings. The normalized spacial score (nSPS) is 11.4. The van der Waals surface area contributed by atoms with Gasteiger partial charge in [-0.15, -0.1) is 0 Å². The summed E-state index contributed by atoms with van der Waals surface area (Å²) in [7, 11) is 0. The Kier molecular flexibility index (Phi) is 5.21. The van der Waals surface area contributed by atoms with Crippen LogP contribution in [0.5, 0.6) is 5.88 Å². The van der Waals surface area contributed by atoms with E-state index in [0.717, 1.165) is 17.7 Å². The van der Waals surface area contributed by atoms with Crippen LogP contribution in [-0.4, -0.2) is 10.5 Å². The fraction of sp³-hybridized carbons (Fsp3) is 0.353. The van der Waals surface area contributed by atoms with Gasteiger partial charge in [-0.2, -0.15) is 0 Å². The van der Waals surface area contributed by atoms with E-state index >= 15 is 0 Å². The van der Waals surface area contributed by atoms with Crippen molar-refractivity contribution in [1.29, 1.82) is 0 Å². The number of rotatable bonds is 5. The van der Waals surface area contributed by atoms with Crippen molar-refractivity contribution in [3.8, 4) is 5.88 Å². The highest BCUT2D eigenvalue weighted by Gasteiger charge is 2.08. The Morgan fingerprint density at radius 1 is 1.14 bits per heavy atom. The molecule has 0 bridgehead atoms. The summed E-state index contributed by atoms with van der Waals surface area (Å²) in [4.78, 5) is 4.32. The third-order valence-electron chi connectivity index (χ3n) is 2.95. The number of hydrogen-bond donors (Lipinski definition) is 1. The standard InChI is InChI=1S/C17H21ClN2O/c1-17(2,3)20-11-13-8-9-16(19-10-13)21-12-14-6-4-5-7-15(14)18/h4-10,20H,11-12H2,1-3H3. The van der Waals surface area contributed by atoms with E-state index in [-0.39, 0.29) is 5.54 Å². The predicted molar refractivity (Wildman–Crippen MR) is 86.6 cm³/mol. The molecule has 0 saturated carbocycles. The molecular formula is C17H21ClN2O. The number of halogens is 1. The molecule has 0 atom stereocenters. The molecule has 0 aliphatic rings. The van der Waals surface area contributed by atoms with E-state index in [1.54, 1.807) is 0 Å². The first-order valence-electron chi connectivity index (χ1n) is 7.00. The summed E-state index contributed by atoms with van der Waals surface area (Å²) in [6.07, 6.45) is 1.83. The van der Waals surface area contributed by atoms with Crippen LogP contribution in [0, 0.1) is 0 Å². The average molecular weight is 305 g/mol. The third kappa shape index (κ3) is 5.37. The monoisotopic (exact) mass is 304 g/mol. The molecule has 0 radical (unpaired) electrons. The first-order chi connectivity index (χ1) is 9.94. The van der Waals surface area contributed by atoms with Gasteiger partial charge in [0, 0.05) is 34.9 Å². The van der Waals surface area contributed by atoms with Crippen LogP contribution in [0.2, 0.25) is 5.02 Å². The predicted octanol–water partition coefficient (Wildman–Crippen LogP) is 4.20. The number of benzene rings is 1. The van der Waals surface area contributed by atoms with E-state index in [9.17, 15) is 0 Å². The van der Waals surface area contributed by atoms with Crippen molar-refractivity contribution in [3.63, 3.8) is 0 Å². The Balaban J connectivity index is 1.89. The highest BCUT2D eigenvalue weighted by atomic mass is 35.5. The average Bonchev–Trinajstić information content (AvgIpc) is 2.45. The highest BCUT2D eigenvalue weighted by Crippen LogP contribution is 2.17. The first-order valence-corrected chi connectivity index (χ1v) is 7.38. The van der Waals surface area contributed by atoms with Crippen LogP contribution in [0.3, 0.4) is 0 Å². The molecule has 21 heavy (non-hydrogen) atoms. The van der Waals surface area contributed by atoms with Gasteiger partial charge in [0.1, 0.15) is 6.61 Å². The Bertz CT molecular complexity index is 576. The fourth-order valence-electron chi connectivity index (χ4n) is 1.74. The van der Waals surface area contributed by atoms with Gasteiger partial charge in [0.2, 0.25) is 5.88 Å². The molecule has 1 N–H and O–H groups in total. The zero-order valence-electron chi connectivity index (χ0n) is 12.7. The quantitative estimate of drug-likeness (QED) is 0.899. The molecule has 0 aliphatic carbocycles. The second-order valence-corrected chi connectivity index (χ2v) is 6.40. The van der Waals surface area contributed by atoms with E-state index in [0.29, 0.717) is 17.5 Å². The lowest BCUT2D eigenvalue weighted by molar-refractivity contribution is 0.293. The molecule has 112 valence electrons. The molecule has 1 aromatic carbocycles. The number of hydrogen-bond acceptors (Lipinski definition) is 3. The van der Waals surface area contributed by atoms with Crippen molar-refractivity contribution < 1.29 is 4.74 Å². The maximum Gasteiger partial charge on any atom is 0.213 e. The van der Waals surface area contributed by atoms with Crippen molar-refractivity contribution in [2.75, 3.05) is 0 Å². The summed E-state index contributed by atoms with van der Waals surface area (Å²) >= 11 is 6.09. The number of nitrogens with one attached hydrogen (secondary N) is 1. The minimum Gasteiger partial charge on any atom is -0.473 e. The molecule has 0 unspecified atom stereocenters. The maximum atomic E-state index is 6.09. The van der Waals surface area contributed by atoms with Crippen molar-refractivity contribution >= 4 is 11.6 Å². The number of nitrogens with zero attached hydrogens (tertiary/aromatic N) is 1. The fourth-order valence-corrected chi connectivity index (χ4v) is 1.93. The second-order valence-electron chi connectivity index (χ2n) is 5.99. The van der Waals surface area contributed by atoms with Crippen LogP contribution < -0.4 is 10.1 Å². The lowest BCUT2D eigenvalue weighted by Gasteiger charge is -2.20. The Hall–Kier alpha value is -1.58. The zero-order valence-corrected chi connectivity index (χ0v) is 13.4. The molecule has 0 saturated heterocycles. The van der Waals surface area contributed by atoms with Crippen molar-refractivity contribution in [3.05, 3.63) is 58.7 Å². The van der Waals surface area contributed by atoms with Gasteiger partial charge >= 0.3 is 0 Å². The van der Waals surface area contributed by atoms with E-state index in [4.69, 9.17) is 16.3 Å². The smallest absolute Gasteiger partial charge is 0.213 e. The van der Waals surface area contributed by atoms with Gasteiger partial charge in [0.15, 0.2) is 0 Å². The molecule has 2 rings (SSSR count). The third-order valence-corrected chi connectivity index (χ3v) is 3.32. The van der Waals surface area contributed by atoms with Crippen molar-refractivity contribution in [2.45, 2.75) is 39.5 Å². The minimum absolute atomic E-state index is 0.0965. The van der Waals surface area contributed by atoms with Crippen LogP contribution in [0.4, 0.5) is 0 Å². The summed E-state index contributed by atoms with van der Waals surface area (Å²) < 4.78 is 5.66. The van der Waals surface area contributed by atoms with Crippen molar-refractivity contribution in [2.24, 2.45) is 0 Å². The van der Waals surface area contributed by atoms with Gasteiger partial charge in [-0.1, -0.05) is 35.9 Å². The minimum atomic E-state index is 0.0965. The summed E-state index contributed by atoms with van der Waals surface area (Å²) in [5.41, 5.74) is 2.19. The molecule has 3 nitrogen and oxygen atoms in total. The van der Waals surface area contributed by atoms with E-state index < -0.39 is 0 Å². The molecule has 0 amide bonds. The summed E-state index contributed by atoms with van der Waals surface area (Å²) in [5.74, 6) is 0.606. The van der Waals surface area contributed by atoms with Gasteiger partial charge < -0.3 is 10.1 Å². The lowest BCUT2D eigenvalue weighted by atomic mass is 10.1. The zero-order chi connectivity index (χ0) is 15.3. The Labute approximate surface area is 131 Å². The van der Waals surface area contributed by atoms with E-state index in [2.05, 4.69) is 31.1 Å². The van der Waals surface area contributed by atoms with Gasteiger partial charge in [-0.25, -0.2) is 4.98 Å². The van der Waals surface area contributed by atoms with Crippen LogP contribution >= 0.6 is 11.6 Å². The van der Waals surface area contributed by atoms with Gasteiger partial charge in [-0.05, 0) is 32.4 Å². The van der Waals surface area contributed by atoms with Gasteiger partial charge in [0.25, 0.3) is 0 Å². The summed E-state index contributed by atoms with van der Waals surface area (Å²) in [5, 5.41) is 4.14. The van der Waals surface area contributed by atoms with Crippen LogP contribution in [-0.2, 0) is 13.2 Å². The van der Waals surface area contributed by atoms with E-state index in [1.165, 1.54) is 0 Å². The maximum absolute atomic E-state index is 6.09. The summed E-state index contributed by atoms with van der Waals surface area (Å²) in [6.45, 7) is 7.64. The van der Waals surface area contributed by atoms with Crippen LogP contribution in [0.1, 0.15) is 31.9 Å². The first kappa shape index (κ1) is 15.8. The molecule has 1 heterocycles. The second kappa shape index (κ2) is 6.92. The molecule has 4 heteroatoms. The molecule has 1 aromatic heterocycles. The number of ether oxygens (including phenoxy) is 1. The molecule has 0 spiro atoms. The summed E-state index contributed by atoms with van der Waals surface area (Å²) in [6, 6.07) is 11.6. The Morgan fingerprint density at radius 3 is 2.52 bits per heavy atom. The van der Waals surface area contributed by atoms with Gasteiger partial charge in [-0.3, -0.25) is 0 Å². The number of pyridine rings is 1. The highest BCUT2D eigenvalue weighted by molar-refractivity contribution is 6.31. The Morgan fingerprint density at radius 2 is 1.90 bits per heavy atom. The van der Waals surface area contributed by atoms with Gasteiger partial charge in [0.05, 0.1) is 0 Å². The van der Waals surface area contributed by atoms with Crippen LogP contribution in [0.25, 0.3) is 0 Å². The molecule has 2 aromatic rings. The largest absolute Gasteiger partial charge is 0.473 e. The van der Waals surface area contributed by atoms with E-state index in [1.807, 2.05) is 42.6 Å².